The van der Waals surface area contributed by atoms with Gasteiger partial charge in [-0.15, -0.1) is 12.4 Å². The lowest BCUT2D eigenvalue weighted by Crippen LogP contribution is -2.51. The minimum atomic E-state index is -0.00695. The van der Waals surface area contributed by atoms with E-state index in [0.717, 1.165) is 58.7 Å². The second kappa shape index (κ2) is 7.77. The molecule has 3 saturated heterocycles. The Labute approximate surface area is 133 Å². The van der Waals surface area contributed by atoms with E-state index < -0.39 is 0 Å². The summed E-state index contributed by atoms with van der Waals surface area (Å²) in [6, 6.07) is 0. The van der Waals surface area contributed by atoms with Crippen LogP contribution in [0, 0.1) is 11.3 Å². The highest BCUT2D eigenvalue weighted by molar-refractivity contribution is 5.85. The average Bonchev–Trinajstić information content (AvgIpc) is 2.76. The van der Waals surface area contributed by atoms with Gasteiger partial charge in [-0.1, -0.05) is 0 Å². The van der Waals surface area contributed by atoms with Gasteiger partial charge in [0.05, 0.1) is 19.1 Å². The zero-order chi connectivity index (χ0) is 13.8. The van der Waals surface area contributed by atoms with Gasteiger partial charge >= 0.3 is 0 Å². The number of nitrogens with one attached hydrogen (secondary N) is 1. The highest BCUT2D eigenvalue weighted by Gasteiger charge is 2.39. The molecule has 0 bridgehead atoms. The van der Waals surface area contributed by atoms with Crippen LogP contribution in [0.2, 0.25) is 0 Å². The lowest BCUT2D eigenvalue weighted by Gasteiger charge is -2.45. The van der Waals surface area contributed by atoms with Crippen LogP contribution in [0.25, 0.3) is 0 Å². The first-order valence-electron chi connectivity index (χ1n) is 7.94. The quantitative estimate of drug-likeness (QED) is 0.785. The normalized spacial score (nSPS) is 29.5. The molecule has 1 amide bonds. The number of nitrogens with zero attached hydrogens (tertiary/aromatic N) is 1. The summed E-state index contributed by atoms with van der Waals surface area (Å²) in [4.78, 5) is 14.8. The molecule has 0 aliphatic carbocycles. The third-order valence-electron chi connectivity index (χ3n) is 5.01. The molecule has 3 aliphatic rings. The molecule has 0 aromatic carbocycles. The number of hydrogen-bond acceptors (Lipinski definition) is 4. The fourth-order valence-corrected chi connectivity index (χ4v) is 3.73. The Morgan fingerprint density at radius 3 is 2.76 bits per heavy atom. The minimum Gasteiger partial charge on any atom is -0.381 e. The molecule has 0 aromatic heterocycles. The van der Waals surface area contributed by atoms with E-state index in [-0.39, 0.29) is 24.2 Å². The number of carbonyl (C=O) groups excluding carboxylic acids is 1. The number of hydrogen-bond donors (Lipinski definition) is 1. The van der Waals surface area contributed by atoms with Crippen LogP contribution in [0.1, 0.15) is 25.7 Å². The van der Waals surface area contributed by atoms with Crippen molar-refractivity contribution in [2.45, 2.75) is 25.7 Å². The largest absolute Gasteiger partial charge is 0.381 e. The third kappa shape index (κ3) is 4.09. The van der Waals surface area contributed by atoms with Crippen LogP contribution in [0.5, 0.6) is 0 Å². The molecule has 122 valence electrons. The summed E-state index contributed by atoms with van der Waals surface area (Å²) in [6.45, 7) is 6.44. The number of ether oxygens (including phenoxy) is 2. The maximum Gasteiger partial charge on any atom is 0.229 e. The molecule has 3 aliphatic heterocycles. The van der Waals surface area contributed by atoms with Crippen molar-refractivity contribution in [3.8, 4) is 0 Å². The number of halogens is 1. The zero-order valence-corrected chi connectivity index (χ0v) is 13.5. The Kier molecular flexibility index (Phi) is 6.29. The molecule has 1 N–H and O–H groups in total. The van der Waals surface area contributed by atoms with Gasteiger partial charge < -0.3 is 19.7 Å². The minimum absolute atomic E-state index is 0. The first-order valence-corrected chi connectivity index (χ1v) is 7.94. The standard InChI is InChI=1S/C15H26N2O3.ClH/c18-14(13-10-16-5-9-20-11-13)17-6-1-2-15(12-17)3-7-19-8-4-15;/h13,16H,1-12H2;1H. The van der Waals surface area contributed by atoms with Crippen molar-refractivity contribution in [2.24, 2.45) is 11.3 Å². The number of piperidine rings is 1. The van der Waals surface area contributed by atoms with Gasteiger partial charge in [-0.25, -0.2) is 0 Å². The Morgan fingerprint density at radius 1 is 1.14 bits per heavy atom. The Bertz CT molecular complexity index is 334. The van der Waals surface area contributed by atoms with Crippen molar-refractivity contribution in [1.82, 2.24) is 10.2 Å². The molecule has 1 unspecified atom stereocenters. The summed E-state index contributed by atoms with van der Waals surface area (Å²) in [5.74, 6) is 0.275. The van der Waals surface area contributed by atoms with Gasteiger partial charge in [0, 0.05) is 39.4 Å². The molecular weight excluding hydrogens is 292 g/mol. The molecule has 0 aromatic rings. The second-order valence-electron chi connectivity index (χ2n) is 6.45. The third-order valence-corrected chi connectivity index (χ3v) is 5.01. The molecule has 3 heterocycles. The van der Waals surface area contributed by atoms with E-state index in [4.69, 9.17) is 9.47 Å². The number of carbonyl (C=O) groups is 1. The molecule has 1 atom stereocenters. The summed E-state index contributed by atoms with van der Waals surface area (Å²) in [5.41, 5.74) is 0.325. The second-order valence-corrected chi connectivity index (χ2v) is 6.45. The number of likely N-dealkylation sites (tertiary alicyclic amines) is 1. The van der Waals surface area contributed by atoms with E-state index in [1.54, 1.807) is 0 Å². The van der Waals surface area contributed by atoms with Gasteiger partial charge in [-0.05, 0) is 31.1 Å². The lowest BCUT2D eigenvalue weighted by molar-refractivity contribution is -0.142. The summed E-state index contributed by atoms with van der Waals surface area (Å²) < 4.78 is 11.0. The average molecular weight is 319 g/mol. The van der Waals surface area contributed by atoms with Crippen molar-refractivity contribution >= 4 is 18.3 Å². The first kappa shape index (κ1) is 17.0. The fourth-order valence-electron chi connectivity index (χ4n) is 3.73. The molecule has 21 heavy (non-hydrogen) atoms. The maximum absolute atomic E-state index is 12.7. The van der Waals surface area contributed by atoms with Crippen LogP contribution < -0.4 is 5.32 Å². The van der Waals surface area contributed by atoms with Crippen molar-refractivity contribution in [2.75, 3.05) is 52.6 Å². The molecule has 3 fully saturated rings. The monoisotopic (exact) mass is 318 g/mol. The smallest absolute Gasteiger partial charge is 0.229 e. The van der Waals surface area contributed by atoms with E-state index >= 15 is 0 Å². The van der Waals surface area contributed by atoms with E-state index in [2.05, 4.69) is 10.2 Å². The van der Waals surface area contributed by atoms with Gasteiger partial charge in [0.15, 0.2) is 0 Å². The Balaban J connectivity index is 0.00000161. The van der Waals surface area contributed by atoms with Gasteiger partial charge in [0.1, 0.15) is 0 Å². The van der Waals surface area contributed by atoms with Crippen LogP contribution in [0.4, 0.5) is 0 Å². The Morgan fingerprint density at radius 2 is 1.95 bits per heavy atom. The zero-order valence-electron chi connectivity index (χ0n) is 12.6. The van der Waals surface area contributed by atoms with Crippen molar-refractivity contribution in [3.63, 3.8) is 0 Å². The van der Waals surface area contributed by atoms with E-state index in [9.17, 15) is 4.79 Å². The van der Waals surface area contributed by atoms with Crippen LogP contribution >= 0.6 is 12.4 Å². The molecule has 3 rings (SSSR count). The van der Waals surface area contributed by atoms with Gasteiger partial charge in [-0.3, -0.25) is 4.79 Å². The predicted molar refractivity (Wildman–Crippen MR) is 82.7 cm³/mol. The molecular formula is C15H27ClN2O3. The molecule has 1 spiro atoms. The highest BCUT2D eigenvalue weighted by atomic mass is 35.5. The van der Waals surface area contributed by atoms with Crippen LogP contribution in [-0.4, -0.2) is 63.4 Å². The van der Waals surface area contributed by atoms with Gasteiger partial charge in [-0.2, -0.15) is 0 Å². The summed E-state index contributed by atoms with van der Waals surface area (Å²) in [5, 5.41) is 3.30. The maximum atomic E-state index is 12.7. The predicted octanol–water partition coefficient (Wildman–Crippen LogP) is 1.06. The van der Waals surface area contributed by atoms with Crippen LogP contribution in [-0.2, 0) is 14.3 Å². The summed E-state index contributed by atoms with van der Waals surface area (Å²) >= 11 is 0. The molecule has 6 heteroatoms. The first-order chi connectivity index (χ1) is 9.79. The van der Waals surface area contributed by atoms with Gasteiger partial charge in [0.25, 0.3) is 0 Å². The summed E-state index contributed by atoms with van der Waals surface area (Å²) in [6.07, 6.45) is 4.60. The SMILES string of the molecule is Cl.O=C(C1CNCCOC1)N1CCCC2(CCOCC2)C1. The molecule has 0 radical (unpaired) electrons. The van der Waals surface area contributed by atoms with Crippen molar-refractivity contribution in [3.05, 3.63) is 0 Å². The van der Waals surface area contributed by atoms with E-state index in [1.807, 2.05) is 0 Å². The number of amides is 1. The molecule has 0 saturated carbocycles. The number of rotatable bonds is 1. The summed E-state index contributed by atoms with van der Waals surface area (Å²) in [7, 11) is 0. The Hall–Kier alpha value is -0.360. The van der Waals surface area contributed by atoms with Crippen LogP contribution in [0.15, 0.2) is 0 Å². The lowest BCUT2D eigenvalue weighted by atomic mass is 9.73. The molecule has 5 nitrogen and oxygen atoms in total. The fraction of sp³-hybridized carbons (Fsp3) is 0.933. The van der Waals surface area contributed by atoms with Crippen molar-refractivity contribution in [1.29, 1.82) is 0 Å². The van der Waals surface area contributed by atoms with Crippen LogP contribution in [0.3, 0.4) is 0 Å². The van der Waals surface area contributed by atoms with Gasteiger partial charge in [0.2, 0.25) is 5.91 Å². The van der Waals surface area contributed by atoms with E-state index in [0.29, 0.717) is 18.6 Å². The topological polar surface area (TPSA) is 50.8 Å². The highest BCUT2D eigenvalue weighted by Crippen LogP contribution is 2.39. The van der Waals surface area contributed by atoms with Crippen molar-refractivity contribution < 1.29 is 14.3 Å². The van der Waals surface area contributed by atoms with E-state index in [1.165, 1.54) is 6.42 Å².